The van der Waals surface area contributed by atoms with Crippen LogP contribution in [0.1, 0.15) is 236 Å². The van der Waals surface area contributed by atoms with Gasteiger partial charge in [-0.15, -0.1) is 0 Å². The van der Waals surface area contributed by atoms with Crippen molar-refractivity contribution >= 4 is 69.5 Å². The van der Waals surface area contributed by atoms with Crippen LogP contribution in [0.3, 0.4) is 0 Å². The van der Waals surface area contributed by atoms with E-state index >= 15 is 0 Å². The summed E-state index contributed by atoms with van der Waals surface area (Å²) in [5.41, 5.74) is 37.0. The van der Waals surface area contributed by atoms with Crippen LogP contribution in [-0.2, 0) is 97.9 Å². The molecule has 12 aliphatic rings. The number of nitrogens with zero attached hydrogens (tertiary/aromatic N) is 33. The molecule has 2 aliphatic carbocycles. The average Bonchev–Trinajstić information content (AvgIpc) is 1.60. The Balaban J connectivity index is 0.0000000963. The van der Waals surface area contributed by atoms with Gasteiger partial charge in [-0.05, 0) is 127 Å². The van der Waals surface area contributed by atoms with Crippen LogP contribution in [-0.4, -0.2) is 235 Å². The summed E-state index contributed by atoms with van der Waals surface area (Å²) < 4.78 is 18.7. The van der Waals surface area contributed by atoms with Crippen LogP contribution in [0, 0.1) is 20.8 Å². The Bertz CT molecular complexity index is 8540. The molecule has 17 aromatic heterocycles. The third-order valence-corrected chi connectivity index (χ3v) is 28.9. The van der Waals surface area contributed by atoms with Crippen molar-refractivity contribution in [2.45, 2.75) is 169 Å². The van der Waals surface area contributed by atoms with E-state index in [4.69, 9.17) is 45.1 Å². The number of nitrogens with one attached hydrogen (secondary N) is 3. The molecule has 20 bridgehead atoms. The summed E-state index contributed by atoms with van der Waals surface area (Å²) in [7, 11) is 9.16. The van der Waals surface area contributed by atoms with E-state index in [1.165, 1.54) is 25.7 Å². The molecule has 29 rings (SSSR count). The summed E-state index contributed by atoms with van der Waals surface area (Å²) >= 11 is 0. The van der Waals surface area contributed by atoms with Crippen molar-refractivity contribution < 1.29 is 24.0 Å². The zero-order valence-corrected chi connectivity index (χ0v) is 83.1. The molecule has 0 aromatic carbocycles. The maximum absolute atomic E-state index is 13.0. The summed E-state index contributed by atoms with van der Waals surface area (Å²) in [6.07, 6.45) is 39.8. The van der Waals surface area contributed by atoms with Crippen LogP contribution >= 0.6 is 0 Å². The van der Waals surface area contributed by atoms with Crippen molar-refractivity contribution in [3.63, 3.8) is 0 Å². The second-order valence-electron chi connectivity index (χ2n) is 39.4. The number of amides is 5. The Kier molecular flexibility index (Phi) is 23.1. The summed E-state index contributed by atoms with van der Waals surface area (Å²) in [5.74, 6) is 1.00. The Hall–Kier alpha value is -17.6. The molecule has 0 spiro atoms. The number of carbonyl (C=O) groups is 5. The molecule has 10 aliphatic heterocycles. The maximum atomic E-state index is 13.0. The molecule has 27 heterocycles. The quantitative estimate of drug-likeness (QED) is 0.145. The molecular formula is C107H104N36O5. The number of imidazole rings is 2. The van der Waals surface area contributed by atoms with E-state index in [-0.39, 0.29) is 29.5 Å². The van der Waals surface area contributed by atoms with Crippen LogP contribution in [0.25, 0.3) is 67.3 Å². The van der Waals surface area contributed by atoms with Gasteiger partial charge in [0.05, 0.1) is 142 Å². The van der Waals surface area contributed by atoms with E-state index in [0.717, 1.165) is 261 Å². The first-order valence-corrected chi connectivity index (χ1v) is 50.4. The fraction of sp³-hybridized carbons (Fsp3) is 0.327. The molecule has 2 saturated carbocycles. The Morgan fingerprint density at radius 3 is 1.18 bits per heavy atom. The minimum atomic E-state index is -0.223. The van der Waals surface area contributed by atoms with Crippen molar-refractivity contribution in [1.82, 2.24) is 153 Å². The third kappa shape index (κ3) is 17.1. The molecule has 148 heavy (non-hydrogen) atoms. The van der Waals surface area contributed by atoms with E-state index in [1.807, 2.05) is 176 Å². The van der Waals surface area contributed by atoms with Gasteiger partial charge in [0.25, 0.3) is 23.6 Å². The SMILES string of the molecule is CN1Cc2nc3ccccn3c2-c2cnc3c(c2)C(=NC3)c2cn(nc2C2CC2)CCCC1=O.Cc1nn2cc1C1=NCc3ncc(cc31)-c1c(nc3ncccn13)C(=O)NCCC2.Cc1nn2cc1C1=NCc3ncc(cc31)-c1cn(C)nc1C(=O)N(C)CCC2.Cc1nn2cc1C1=NCc3ncc(cc31)-c1cn(C)nc1C(=O)NCCC2.Cn1cc2c(n1)C(=O)NCCCn1cc(c(C3CC3)n1)C1=NCc3ncc-2cc31. The van der Waals surface area contributed by atoms with Crippen LogP contribution < -0.4 is 16.0 Å². The number of hydrogen-bond acceptors (Lipinski definition) is 26. The third-order valence-electron chi connectivity index (χ3n) is 28.9. The van der Waals surface area contributed by atoms with E-state index in [2.05, 4.69) is 124 Å². The lowest BCUT2D eigenvalue weighted by Gasteiger charge is -2.17. The number of pyridine rings is 6. The highest BCUT2D eigenvalue weighted by Gasteiger charge is 2.39. The molecular weight excluding hydrogens is 1870 g/mol. The Labute approximate surface area is 847 Å². The van der Waals surface area contributed by atoms with E-state index < -0.39 is 0 Å². The molecule has 5 amide bonds. The standard InChI is InChI=1S/C26H25N7O.C21H18N8O.C21H21N7O.C20H21N7O.C19H19N7O/c1-31-15-21-26(33-10-3-2-5-22(33)29-21)17-11-18-20(27-12-17)13-28-25(18)19-14-32(9-4-6-23(31)34)30-24(19)16-7-8-16;1-12-15-11-28(27-12)6-2-4-22-20(30)18-19(29-7-3-5-23-21(29)26-18)13-8-14-16(24-9-13)10-25-17(14)15;1-27-10-15-13-7-14-17(23-8-13)9-24-19(14)16-11-28(26-18(16)12-3-4-12)6-2-5-22-21(29)20(15)25-27;1-12-15-11-27(23-12)6-4-5-25(2)20(28)19-16(10-26(3)24-19)13-7-14-17(21-8-13)9-22-18(14)15;1-11-14-10-26(23-11)5-3-4-20-19(27)18-15(9-25(2)24-18)12-6-13-16(21-7-12)8-22-17(13)14/h2-3,5,10-12,14,16H,4,6-9,13,15H2,1H3;3,5,7-9,11H,2,4,6,10H2,1H3,(H,22,30);7-8,10-12H,2-6,9H2,1H3,(H,22,29);7-8,10-11H,4-6,9H2,1-3H3;6-7,9-10H,3-5,8H2,1-2H3,(H,20,27). The van der Waals surface area contributed by atoms with Gasteiger partial charge in [-0.1, -0.05) is 6.07 Å². The largest absolute Gasteiger partial charge is 0.351 e. The van der Waals surface area contributed by atoms with Crippen molar-refractivity contribution in [2.75, 3.05) is 40.3 Å². The van der Waals surface area contributed by atoms with Gasteiger partial charge in [0.1, 0.15) is 5.65 Å². The van der Waals surface area contributed by atoms with Crippen molar-refractivity contribution in [2.24, 2.45) is 46.1 Å². The number of aryl methyl sites for hydroxylation is 11. The monoisotopic (exact) mass is 1970 g/mol. The highest BCUT2D eigenvalue weighted by Crippen LogP contribution is 2.46. The second-order valence-corrected chi connectivity index (χ2v) is 39.4. The molecule has 742 valence electrons. The van der Waals surface area contributed by atoms with Gasteiger partial charge in [-0.3, -0.25) is 120 Å². The number of carbonyl (C=O) groups excluding carboxylic acids is 5. The van der Waals surface area contributed by atoms with Gasteiger partial charge >= 0.3 is 0 Å². The summed E-state index contributed by atoms with van der Waals surface area (Å²) in [6, 6.07) is 18.3. The van der Waals surface area contributed by atoms with Gasteiger partial charge in [-0.2, -0.15) is 40.8 Å². The summed E-state index contributed by atoms with van der Waals surface area (Å²) in [6.45, 7) is 15.3. The smallest absolute Gasteiger partial charge is 0.274 e. The molecule has 2 fully saturated rings. The van der Waals surface area contributed by atoms with E-state index in [9.17, 15) is 24.0 Å². The lowest BCUT2D eigenvalue weighted by Crippen LogP contribution is -2.29. The van der Waals surface area contributed by atoms with Gasteiger partial charge in [0.2, 0.25) is 11.7 Å². The first-order chi connectivity index (χ1) is 72.1. The van der Waals surface area contributed by atoms with Crippen LogP contribution in [0.2, 0.25) is 0 Å². The van der Waals surface area contributed by atoms with Crippen LogP contribution in [0.5, 0.6) is 0 Å². The first-order valence-electron chi connectivity index (χ1n) is 50.4. The molecule has 41 heteroatoms. The van der Waals surface area contributed by atoms with Crippen molar-refractivity contribution in [3.8, 4) is 55.9 Å². The van der Waals surface area contributed by atoms with Gasteiger partial charge < -0.3 is 25.8 Å². The number of fused-ring (bicyclic) bond motifs is 34. The zero-order chi connectivity index (χ0) is 101. The minimum absolute atomic E-state index is 0.0839. The average molecular weight is 1970 g/mol. The fourth-order valence-electron chi connectivity index (χ4n) is 21.1. The molecule has 0 unspecified atom stereocenters. The predicted octanol–water partition coefficient (Wildman–Crippen LogP) is 10.7. The Morgan fingerprint density at radius 2 is 0.716 bits per heavy atom. The number of aromatic nitrogens is 26. The van der Waals surface area contributed by atoms with Gasteiger partial charge in [0, 0.05) is 312 Å². The summed E-state index contributed by atoms with van der Waals surface area (Å²) in [4.78, 5) is 129. The predicted molar refractivity (Wildman–Crippen MR) is 548 cm³/mol. The first kappa shape index (κ1) is 91.6. The number of hydrogen-bond donors (Lipinski definition) is 3. The molecule has 0 radical (unpaired) electrons. The lowest BCUT2D eigenvalue weighted by atomic mass is 9.98. The van der Waals surface area contributed by atoms with E-state index in [1.54, 1.807) is 42.4 Å². The summed E-state index contributed by atoms with van der Waals surface area (Å²) in [5, 5.41) is 45.8. The van der Waals surface area contributed by atoms with Crippen molar-refractivity contribution in [3.05, 3.63) is 295 Å². The Morgan fingerprint density at radius 1 is 0.331 bits per heavy atom. The molecule has 0 saturated heterocycles. The normalized spacial score (nSPS) is 16.7. The van der Waals surface area contributed by atoms with Crippen LogP contribution in [0.4, 0.5) is 0 Å². The maximum Gasteiger partial charge on any atom is 0.274 e. The fourth-order valence-corrected chi connectivity index (χ4v) is 21.1. The topological polar surface area (TPSA) is 444 Å². The van der Waals surface area contributed by atoms with E-state index in [0.29, 0.717) is 124 Å². The highest BCUT2D eigenvalue weighted by molar-refractivity contribution is 6.20. The van der Waals surface area contributed by atoms with Gasteiger partial charge in [0.15, 0.2) is 22.8 Å². The minimum Gasteiger partial charge on any atom is -0.351 e. The van der Waals surface area contributed by atoms with Crippen molar-refractivity contribution in [1.29, 1.82) is 0 Å². The van der Waals surface area contributed by atoms with Gasteiger partial charge in [-0.25, -0.2) is 15.0 Å². The second kappa shape index (κ2) is 37.2. The molecule has 3 N–H and O–H groups in total. The lowest BCUT2D eigenvalue weighted by molar-refractivity contribution is -0.130. The number of aliphatic imine (C=N–C) groups is 5. The highest BCUT2D eigenvalue weighted by atomic mass is 16.2. The zero-order valence-electron chi connectivity index (χ0n) is 83.1. The molecule has 41 nitrogen and oxygen atoms in total. The number of rotatable bonds is 2. The molecule has 17 aromatic rings. The van der Waals surface area contributed by atoms with Crippen LogP contribution in [0.15, 0.2) is 179 Å². The molecule has 0 atom stereocenters.